The minimum atomic E-state index is -0.357. The van der Waals surface area contributed by atoms with E-state index in [1.165, 1.54) is 0 Å². The number of hydrogen-bond donors (Lipinski definition) is 1. The highest BCUT2D eigenvalue weighted by Gasteiger charge is 2.32. The van der Waals surface area contributed by atoms with Gasteiger partial charge in [0.1, 0.15) is 6.10 Å². The van der Waals surface area contributed by atoms with Crippen molar-refractivity contribution in [1.29, 1.82) is 0 Å². The minimum absolute atomic E-state index is 0.130. The van der Waals surface area contributed by atoms with E-state index < -0.39 is 0 Å². The van der Waals surface area contributed by atoms with Gasteiger partial charge in [-0.05, 0) is 30.2 Å². The van der Waals surface area contributed by atoms with Crippen LogP contribution in [0.4, 0.5) is 16.2 Å². The molecule has 3 rings (SSSR count). The van der Waals surface area contributed by atoms with Crippen molar-refractivity contribution in [1.82, 2.24) is 0 Å². The van der Waals surface area contributed by atoms with Crippen LogP contribution in [0.1, 0.15) is 18.9 Å². The molecular weight excluding hydrogens is 270 g/mol. The molecule has 0 bridgehead atoms. The summed E-state index contributed by atoms with van der Waals surface area (Å²) in [5.41, 5.74) is 8.40. The lowest BCUT2D eigenvalue weighted by Crippen LogP contribution is -2.28. The number of hydrogen-bond acceptors (Lipinski definition) is 4. The van der Waals surface area contributed by atoms with Crippen LogP contribution >= 0.6 is 0 Å². The summed E-state index contributed by atoms with van der Waals surface area (Å²) in [7, 11) is 0. The fourth-order valence-electron chi connectivity index (χ4n) is 2.86. The first kappa shape index (κ1) is 13.9. The zero-order chi connectivity index (χ0) is 15.0. The third-order valence-corrected chi connectivity index (χ3v) is 4.01. The highest BCUT2D eigenvalue weighted by atomic mass is 16.6. The van der Waals surface area contributed by atoms with E-state index >= 15 is 0 Å². The number of rotatable bonds is 3. The molecule has 0 unspecified atom stereocenters. The van der Waals surface area contributed by atoms with E-state index in [1.807, 2.05) is 30.0 Å². The van der Waals surface area contributed by atoms with Gasteiger partial charge < -0.3 is 15.4 Å². The molecule has 21 heavy (non-hydrogen) atoms. The molecule has 1 saturated heterocycles. The summed E-state index contributed by atoms with van der Waals surface area (Å²) >= 11 is 0. The number of benzene rings is 1. The summed E-state index contributed by atoms with van der Waals surface area (Å²) in [6.07, 6.45) is 0.712. The van der Waals surface area contributed by atoms with E-state index in [9.17, 15) is 9.59 Å². The zero-order valence-corrected chi connectivity index (χ0v) is 12.0. The number of fused-ring (bicyclic) bond motifs is 1. The van der Waals surface area contributed by atoms with Crippen LogP contribution < -0.4 is 15.5 Å². The first-order valence-corrected chi connectivity index (χ1v) is 7.25. The third-order valence-electron chi connectivity index (χ3n) is 4.01. The van der Waals surface area contributed by atoms with Crippen LogP contribution in [0.5, 0.6) is 0 Å². The van der Waals surface area contributed by atoms with Gasteiger partial charge in [0.15, 0.2) is 0 Å². The molecule has 1 fully saturated rings. The van der Waals surface area contributed by atoms with Crippen LogP contribution in [0.25, 0.3) is 0 Å². The molecule has 2 aliphatic rings. The van der Waals surface area contributed by atoms with Crippen LogP contribution in [-0.2, 0) is 16.0 Å². The molecule has 0 aromatic heterocycles. The van der Waals surface area contributed by atoms with E-state index in [0.717, 1.165) is 23.4 Å². The maximum Gasteiger partial charge on any atom is 0.414 e. The maximum atomic E-state index is 11.9. The standard InChI is InChI=1S/C15H19N3O3/c1-2-14(19)17-6-5-10-7-11(3-4-13(10)17)18-9-12(8-16)21-15(18)20/h3-4,7,12H,2,5-6,8-9,16H2,1H3/t12-/m0/s1. The molecule has 1 atom stereocenters. The molecule has 0 spiro atoms. The molecule has 0 radical (unpaired) electrons. The monoisotopic (exact) mass is 289 g/mol. The molecule has 0 aliphatic carbocycles. The smallest absolute Gasteiger partial charge is 0.414 e. The molecule has 1 aromatic rings. The van der Waals surface area contributed by atoms with E-state index in [2.05, 4.69) is 0 Å². The summed E-state index contributed by atoms with van der Waals surface area (Å²) in [6.45, 7) is 3.38. The van der Waals surface area contributed by atoms with Crippen molar-refractivity contribution in [2.75, 3.05) is 29.4 Å². The maximum absolute atomic E-state index is 11.9. The van der Waals surface area contributed by atoms with E-state index in [0.29, 0.717) is 26.1 Å². The minimum Gasteiger partial charge on any atom is -0.443 e. The Morgan fingerprint density at radius 1 is 1.48 bits per heavy atom. The number of carbonyl (C=O) groups is 2. The van der Waals surface area contributed by atoms with Gasteiger partial charge in [-0.1, -0.05) is 6.92 Å². The lowest BCUT2D eigenvalue weighted by molar-refractivity contribution is -0.118. The number of nitrogens with zero attached hydrogens (tertiary/aromatic N) is 2. The lowest BCUT2D eigenvalue weighted by Gasteiger charge is -2.18. The van der Waals surface area contributed by atoms with Crippen molar-refractivity contribution in [2.24, 2.45) is 5.73 Å². The highest BCUT2D eigenvalue weighted by molar-refractivity contribution is 5.96. The Morgan fingerprint density at radius 2 is 2.29 bits per heavy atom. The first-order chi connectivity index (χ1) is 10.1. The normalized spacial score (nSPS) is 20.7. The Balaban J connectivity index is 1.85. The number of amides is 2. The molecule has 2 amide bonds. The van der Waals surface area contributed by atoms with Crippen molar-refractivity contribution in [3.05, 3.63) is 23.8 Å². The Labute approximate surface area is 123 Å². The van der Waals surface area contributed by atoms with E-state index in [1.54, 1.807) is 4.90 Å². The van der Waals surface area contributed by atoms with Crippen molar-refractivity contribution >= 4 is 23.4 Å². The van der Waals surface area contributed by atoms with Gasteiger partial charge in [-0.15, -0.1) is 0 Å². The zero-order valence-electron chi connectivity index (χ0n) is 12.0. The van der Waals surface area contributed by atoms with Crippen LogP contribution in [0.3, 0.4) is 0 Å². The SMILES string of the molecule is CCC(=O)N1CCc2cc(N3C[C@H](CN)OC3=O)ccc21. The summed E-state index contributed by atoms with van der Waals surface area (Å²) in [6, 6.07) is 5.74. The van der Waals surface area contributed by atoms with Crippen LogP contribution in [-0.4, -0.2) is 37.7 Å². The molecule has 6 heteroatoms. The van der Waals surface area contributed by atoms with E-state index in [4.69, 9.17) is 10.5 Å². The third kappa shape index (κ3) is 2.35. The van der Waals surface area contributed by atoms with E-state index in [-0.39, 0.29) is 18.1 Å². The quantitative estimate of drug-likeness (QED) is 0.909. The molecule has 2 N–H and O–H groups in total. The Morgan fingerprint density at radius 3 is 2.95 bits per heavy atom. The second kappa shape index (κ2) is 5.37. The summed E-state index contributed by atoms with van der Waals surface area (Å²) in [5.74, 6) is 0.130. The second-order valence-electron chi connectivity index (χ2n) is 5.31. The molecule has 112 valence electrons. The largest absolute Gasteiger partial charge is 0.443 e. The van der Waals surface area contributed by atoms with Gasteiger partial charge in [-0.3, -0.25) is 9.69 Å². The van der Waals surface area contributed by atoms with Crippen LogP contribution in [0.15, 0.2) is 18.2 Å². The fourth-order valence-corrected chi connectivity index (χ4v) is 2.86. The average molecular weight is 289 g/mol. The van der Waals surface area contributed by atoms with Crippen LogP contribution in [0, 0.1) is 0 Å². The summed E-state index contributed by atoms with van der Waals surface area (Å²) in [5, 5.41) is 0. The summed E-state index contributed by atoms with van der Waals surface area (Å²) in [4.78, 5) is 27.1. The number of cyclic esters (lactones) is 1. The topological polar surface area (TPSA) is 75.9 Å². The summed E-state index contributed by atoms with van der Waals surface area (Å²) < 4.78 is 5.17. The number of anilines is 2. The predicted molar refractivity (Wildman–Crippen MR) is 79.5 cm³/mol. The lowest BCUT2D eigenvalue weighted by atomic mass is 10.1. The van der Waals surface area contributed by atoms with Gasteiger partial charge in [0.25, 0.3) is 0 Å². The van der Waals surface area contributed by atoms with Gasteiger partial charge in [-0.25, -0.2) is 4.79 Å². The van der Waals surface area contributed by atoms with Gasteiger partial charge in [-0.2, -0.15) is 0 Å². The molecular formula is C15H19N3O3. The van der Waals surface area contributed by atoms with Crippen molar-refractivity contribution in [2.45, 2.75) is 25.9 Å². The Bertz CT molecular complexity index is 588. The number of carbonyl (C=O) groups excluding carboxylic acids is 2. The average Bonchev–Trinajstić information content (AvgIpc) is 3.09. The van der Waals surface area contributed by atoms with Gasteiger partial charge in [0.2, 0.25) is 5.91 Å². The molecule has 1 aromatic carbocycles. The second-order valence-corrected chi connectivity index (χ2v) is 5.31. The van der Waals surface area contributed by atoms with Crippen LogP contribution in [0.2, 0.25) is 0 Å². The highest BCUT2D eigenvalue weighted by Crippen LogP contribution is 2.33. The fraction of sp³-hybridized carbons (Fsp3) is 0.467. The predicted octanol–water partition coefficient (Wildman–Crippen LogP) is 1.27. The van der Waals surface area contributed by atoms with Gasteiger partial charge in [0, 0.05) is 30.9 Å². The number of nitrogens with two attached hydrogens (primary N) is 1. The molecule has 2 aliphatic heterocycles. The van der Waals surface area contributed by atoms with Gasteiger partial charge in [0.05, 0.1) is 6.54 Å². The first-order valence-electron chi connectivity index (χ1n) is 7.25. The molecule has 6 nitrogen and oxygen atoms in total. The van der Waals surface area contributed by atoms with Gasteiger partial charge >= 0.3 is 6.09 Å². The van der Waals surface area contributed by atoms with Crippen molar-refractivity contribution < 1.29 is 14.3 Å². The number of ether oxygens (including phenoxy) is 1. The Hall–Kier alpha value is -2.08. The molecule has 0 saturated carbocycles. The Kier molecular flexibility index (Phi) is 3.55. The van der Waals surface area contributed by atoms with Crippen molar-refractivity contribution in [3.63, 3.8) is 0 Å². The molecule has 2 heterocycles. The van der Waals surface area contributed by atoms with Crippen molar-refractivity contribution in [3.8, 4) is 0 Å².